The van der Waals surface area contributed by atoms with Gasteiger partial charge in [-0.2, -0.15) is 0 Å². The van der Waals surface area contributed by atoms with Gasteiger partial charge < -0.3 is 19.6 Å². The average molecular weight is 221 g/mol. The molecule has 0 unspecified atom stereocenters. The Kier molecular flexibility index (Phi) is 3.74. The van der Waals surface area contributed by atoms with Crippen LogP contribution in [0.2, 0.25) is 0 Å². The van der Waals surface area contributed by atoms with Gasteiger partial charge in [0.2, 0.25) is 0 Å². The topological polar surface area (TPSA) is 61.8 Å². The Balaban J connectivity index is 1.91. The number of hydrogen-bond acceptors (Lipinski definition) is 4. The van der Waals surface area contributed by atoms with Crippen molar-refractivity contribution in [1.82, 2.24) is 9.38 Å². The predicted octanol–water partition coefficient (Wildman–Crippen LogP) is 0.688. The third kappa shape index (κ3) is 2.50. The minimum absolute atomic E-state index is 0.506. The molecule has 0 spiro atoms. The van der Waals surface area contributed by atoms with Gasteiger partial charge in [-0.1, -0.05) is 0 Å². The van der Waals surface area contributed by atoms with Crippen LogP contribution >= 0.6 is 0 Å². The monoisotopic (exact) mass is 221 g/mol. The van der Waals surface area contributed by atoms with E-state index in [0.717, 1.165) is 11.4 Å². The van der Waals surface area contributed by atoms with Crippen LogP contribution in [0.5, 0.6) is 5.75 Å². The molecular weight excluding hydrogens is 206 g/mol. The second kappa shape index (κ2) is 5.48. The number of ether oxygens (including phenoxy) is 2. The largest absolute Gasteiger partial charge is 0.487 e. The molecule has 0 amide bonds. The number of aromatic nitrogens is 2. The van der Waals surface area contributed by atoms with Crippen molar-refractivity contribution in [1.29, 1.82) is 0 Å². The first-order chi connectivity index (χ1) is 7.92. The number of nitrogens with two attached hydrogens (primary N) is 1. The maximum Gasteiger partial charge on any atom is 0.179 e. The first-order valence-corrected chi connectivity index (χ1v) is 5.24. The summed E-state index contributed by atoms with van der Waals surface area (Å²) in [5.74, 6) is 0.767. The Morgan fingerprint density at radius 1 is 1.25 bits per heavy atom. The average Bonchev–Trinajstić information content (AvgIpc) is 2.77. The van der Waals surface area contributed by atoms with E-state index in [1.165, 1.54) is 0 Å². The Morgan fingerprint density at radius 3 is 3.06 bits per heavy atom. The van der Waals surface area contributed by atoms with Crippen molar-refractivity contribution < 1.29 is 9.47 Å². The van der Waals surface area contributed by atoms with E-state index >= 15 is 0 Å². The molecule has 0 atom stereocenters. The summed E-state index contributed by atoms with van der Waals surface area (Å²) in [5.41, 5.74) is 6.12. The lowest BCUT2D eigenvalue weighted by molar-refractivity contribution is 0.106. The molecule has 0 radical (unpaired) electrons. The highest BCUT2D eigenvalue weighted by atomic mass is 16.5. The van der Waals surface area contributed by atoms with Gasteiger partial charge in [0.1, 0.15) is 6.61 Å². The molecule has 0 saturated heterocycles. The quantitative estimate of drug-likeness (QED) is 0.729. The molecule has 0 fully saturated rings. The van der Waals surface area contributed by atoms with Crippen LogP contribution in [-0.2, 0) is 4.74 Å². The Hall–Kier alpha value is -1.59. The van der Waals surface area contributed by atoms with E-state index in [9.17, 15) is 0 Å². The van der Waals surface area contributed by atoms with Gasteiger partial charge in [0.15, 0.2) is 11.4 Å². The number of fused-ring (bicyclic) bond motifs is 1. The summed E-state index contributed by atoms with van der Waals surface area (Å²) < 4.78 is 12.7. The molecule has 0 aromatic carbocycles. The molecule has 2 aromatic heterocycles. The molecule has 0 aliphatic carbocycles. The zero-order valence-electron chi connectivity index (χ0n) is 9.00. The lowest BCUT2D eigenvalue weighted by Crippen LogP contribution is -2.13. The van der Waals surface area contributed by atoms with Crippen LogP contribution in [-0.4, -0.2) is 35.8 Å². The second-order valence-electron chi connectivity index (χ2n) is 3.28. The standard InChI is InChI=1S/C11H15N3O2/c12-3-7-15-8-9-16-10-2-1-5-14-6-4-13-11(10)14/h1-2,4-6H,3,7-9,12H2. The molecule has 0 saturated carbocycles. The van der Waals surface area contributed by atoms with Crippen LogP contribution in [0.4, 0.5) is 0 Å². The molecule has 16 heavy (non-hydrogen) atoms. The predicted molar refractivity (Wildman–Crippen MR) is 60.6 cm³/mol. The molecule has 86 valence electrons. The highest BCUT2D eigenvalue weighted by molar-refractivity contribution is 5.53. The molecule has 0 aliphatic rings. The molecular formula is C11H15N3O2. The van der Waals surface area contributed by atoms with Crippen LogP contribution < -0.4 is 10.5 Å². The van der Waals surface area contributed by atoms with E-state index in [1.807, 2.05) is 28.9 Å². The number of hydrogen-bond donors (Lipinski definition) is 1. The highest BCUT2D eigenvalue weighted by Crippen LogP contribution is 2.16. The van der Waals surface area contributed by atoms with Gasteiger partial charge in [0.25, 0.3) is 0 Å². The first kappa shape index (κ1) is 10.9. The Labute approximate surface area is 93.8 Å². The molecule has 2 heterocycles. The number of imidazole rings is 1. The van der Waals surface area contributed by atoms with Gasteiger partial charge in [0.05, 0.1) is 13.2 Å². The molecule has 2 rings (SSSR count). The lowest BCUT2D eigenvalue weighted by Gasteiger charge is -2.07. The first-order valence-electron chi connectivity index (χ1n) is 5.24. The van der Waals surface area contributed by atoms with E-state index in [0.29, 0.717) is 26.4 Å². The van der Waals surface area contributed by atoms with Crippen molar-refractivity contribution in [2.45, 2.75) is 0 Å². The van der Waals surface area contributed by atoms with Crippen LogP contribution in [0.3, 0.4) is 0 Å². The van der Waals surface area contributed by atoms with E-state index < -0.39 is 0 Å². The lowest BCUT2D eigenvalue weighted by atomic mass is 10.4. The van der Waals surface area contributed by atoms with Gasteiger partial charge in [-0.25, -0.2) is 4.98 Å². The van der Waals surface area contributed by atoms with Gasteiger partial charge in [0, 0.05) is 25.1 Å². The zero-order valence-corrected chi connectivity index (χ0v) is 9.00. The van der Waals surface area contributed by atoms with Crippen molar-refractivity contribution in [2.24, 2.45) is 5.73 Å². The minimum Gasteiger partial charge on any atom is -0.487 e. The van der Waals surface area contributed by atoms with Crippen LogP contribution in [0, 0.1) is 0 Å². The highest BCUT2D eigenvalue weighted by Gasteiger charge is 2.02. The van der Waals surface area contributed by atoms with Crippen molar-refractivity contribution in [2.75, 3.05) is 26.4 Å². The molecule has 5 heteroatoms. The normalized spacial score (nSPS) is 10.8. The molecule has 0 bridgehead atoms. The summed E-state index contributed by atoms with van der Waals surface area (Å²) in [4.78, 5) is 4.21. The maximum absolute atomic E-state index is 5.58. The van der Waals surface area contributed by atoms with Crippen LogP contribution in [0.1, 0.15) is 0 Å². The fraction of sp³-hybridized carbons (Fsp3) is 0.364. The summed E-state index contributed by atoms with van der Waals surface area (Å²) in [5, 5.41) is 0. The fourth-order valence-corrected chi connectivity index (χ4v) is 1.43. The minimum atomic E-state index is 0.506. The van der Waals surface area contributed by atoms with E-state index in [2.05, 4.69) is 4.98 Å². The smallest absolute Gasteiger partial charge is 0.179 e. The number of nitrogens with zero attached hydrogens (tertiary/aromatic N) is 2. The van der Waals surface area contributed by atoms with Gasteiger partial charge in [-0.3, -0.25) is 0 Å². The van der Waals surface area contributed by atoms with Crippen LogP contribution in [0.25, 0.3) is 5.65 Å². The summed E-state index contributed by atoms with van der Waals surface area (Å²) in [6.07, 6.45) is 5.56. The summed E-state index contributed by atoms with van der Waals surface area (Å²) >= 11 is 0. The zero-order chi connectivity index (χ0) is 11.2. The van der Waals surface area contributed by atoms with Gasteiger partial charge >= 0.3 is 0 Å². The second-order valence-corrected chi connectivity index (χ2v) is 3.28. The van der Waals surface area contributed by atoms with Gasteiger partial charge in [-0.05, 0) is 12.1 Å². The molecule has 2 N–H and O–H groups in total. The summed E-state index contributed by atoms with van der Waals surface area (Å²) in [7, 11) is 0. The Bertz CT molecular complexity index is 441. The van der Waals surface area contributed by atoms with Crippen molar-refractivity contribution >= 4 is 5.65 Å². The maximum atomic E-state index is 5.58. The van der Waals surface area contributed by atoms with Crippen molar-refractivity contribution in [3.8, 4) is 5.75 Å². The third-order valence-electron chi connectivity index (χ3n) is 2.13. The van der Waals surface area contributed by atoms with Gasteiger partial charge in [-0.15, -0.1) is 0 Å². The Morgan fingerprint density at radius 2 is 2.19 bits per heavy atom. The third-order valence-corrected chi connectivity index (χ3v) is 2.13. The van der Waals surface area contributed by atoms with E-state index in [-0.39, 0.29) is 0 Å². The van der Waals surface area contributed by atoms with E-state index in [1.54, 1.807) is 6.20 Å². The fourth-order valence-electron chi connectivity index (χ4n) is 1.43. The van der Waals surface area contributed by atoms with Crippen molar-refractivity contribution in [3.05, 3.63) is 30.7 Å². The van der Waals surface area contributed by atoms with Crippen LogP contribution in [0.15, 0.2) is 30.7 Å². The summed E-state index contributed by atoms with van der Waals surface area (Å²) in [6, 6.07) is 3.82. The molecule has 5 nitrogen and oxygen atoms in total. The SMILES string of the molecule is NCCOCCOc1cccn2ccnc12. The molecule has 0 aliphatic heterocycles. The number of pyridine rings is 1. The number of rotatable bonds is 6. The summed E-state index contributed by atoms with van der Waals surface area (Å²) in [6.45, 7) is 2.15. The molecule has 2 aromatic rings. The van der Waals surface area contributed by atoms with Crippen molar-refractivity contribution in [3.63, 3.8) is 0 Å². The van der Waals surface area contributed by atoms with E-state index in [4.69, 9.17) is 15.2 Å².